The van der Waals surface area contributed by atoms with Gasteiger partial charge in [-0.25, -0.2) is 0 Å². The summed E-state index contributed by atoms with van der Waals surface area (Å²) in [6.07, 6.45) is 2.60. The average molecular weight is 201 g/mol. The molecule has 76 valence electrons. The van der Waals surface area contributed by atoms with E-state index in [1.807, 2.05) is 0 Å². The van der Waals surface area contributed by atoms with Crippen molar-refractivity contribution in [2.75, 3.05) is 25.5 Å². The van der Waals surface area contributed by atoms with Crippen molar-refractivity contribution >= 4 is 11.8 Å². The molecule has 0 saturated carbocycles. The molecule has 2 saturated heterocycles. The van der Waals surface area contributed by atoms with Gasteiger partial charge in [0, 0.05) is 30.2 Å². The van der Waals surface area contributed by atoms with E-state index in [1.54, 1.807) is 0 Å². The number of ether oxygens (including phenoxy) is 1. The lowest BCUT2D eigenvalue weighted by Crippen LogP contribution is -2.33. The predicted octanol–water partition coefficient (Wildman–Crippen LogP) is 1.51. The topological polar surface area (TPSA) is 21.3 Å². The largest absolute Gasteiger partial charge is 0.381 e. The van der Waals surface area contributed by atoms with Gasteiger partial charge in [0.25, 0.3) is 0 Å². The highest BCUT2D eigenvalue weighted by Gasteiger charge is 2.23. The van der Waals surface area contributed by atoms with Gasteiger partial charge in [0.2, 0.25) is 0 Å². The summed E-state index contributed by atoms with van der Waals surface area (Å²) < 4.78 is 5.35. The van der Waals surface area contributed by atoms with Crippen LogP contribution in [-0.4, -0.2) is 36.8 Å². The molecule has 0 aliphatic carbocycles. The second kappa shape index (κ2) is 4.67. The highest BCUT2D eigenvalue weighted by atomic mass is 32.2. The van der Waals surface area contributed by atoms with Crippen LogP contribution in [0.15, 0.2) is 0 Å². The molecule has 2 heterocycles. The van der Waals surface area contributed by atoms with E-state index < -0.39 is 0 Å². The second-order valence-electron chi connectivity index (χ2n) is 4.21. The molecule has 0 spiro atoms. The van der Waals surface area contributed by atoms with Crippen LogP contribution < -0.4 is 5.32 Å². The van der Waals surface area contributed by atoms with E-state index in [-0.39, 0.29) is 0 Å². The van der Waals surface area contributed by atoms with Crippen LogP contribution in [0, 0.1) is 5.92 Å². The summed E-state index contributed by atoms with van der Waals surface area (Å²) in [5.41, 5.74) is 0. The van der Waals surface area contributed by atoms with E-state index in [9.17, 15) is 0 Å². The van der Waals surface area contributed by atoms with Gasteiger partial charge in [-0.05, 0) is 18.8 Å². The van der Waals surface area contributed by atoms with Gasteiger partial charge < -0.3 is 10.1 Å². The molecular weight excluding hydrogens is 182 g/mol. The summed E-state index contributed by atoms with van der Waals surface area (Å²) in [7, 11) is 0. The van der Waals surface area contributed by atoms with Crippen molar-refractivity contribution in [1.29, 1.82) is 0 Å². The maximum Gasteiger partial charge on any atom is 0.0507 e. The van der Waals surface area contributed by atoms with Gasteiger partial charge in [0.1, 0.15) is 0 Å². The van der Waals surface area contributed by atoms with Gasteiger partial charge in [0.15, 0.2) is 0 Å². The zero-order valence-corrected chi connectivity index (χ0v) is 9.11. The number of nitrogens with one attached hydrogen (secondary N) is 1. The smallest absolute Gasteiger partial charge is 0.0507 e. The van der Waals surface area contributed by atoms with E-state index in [0.717, 1.165) is 37.0 Å². The first-order chi connectivity index (χ1) is 6.34. The molecule has 13 heavy (non-hydrogen) atoms. The summed E-state index contributed by atoms with van der Waals surface area (Å²) >= 11 is 2.09. The van der Waals surface area contributed by atoms with E-state index in [1.165, 1.54) is 18.6 Å². The summed E-state index contributed by atoms with van der Waals surface area (Å²) in [6, 6.07) is 0.764. The lowest BCUT2D eigenvalue weighted by atomic mass is 10.1. The Bertz CT molecular complexity index is 159. The number of thioether (sulfide) groups is 1. The summed E-state index contributed by atoms with van der Waals surface area (Å²) in [4.78, 5) is 0. The Labute approximate surface area is 84.8 Å². The van der Waals surface area contributed by atoms with Crippen molar-refractivity contribution in [3.8, 4) is 0 Å². The first-order valence-electron chi connectivity index (χ1n) is 5.27. The highest BCUT2D eigenvalue weighted by Crippen LogP contribution is 2.26. The van der Waals surface area contributed by atoms with Crippen LogP contribution in [0.25, 0.3) is 0 Å². The molecule has 0 bridgehead atoms. The SMILES string of the molecule is CC1CC(NCC2CCOC2)CS1. The molecule has 0 aromatic carbocycles. The molecule has 2 fully saturated rings. The molecule has 1 N–H and O–H groups in total. The average Bonchev–Trinajstić information content (AvgIpc) is 2.71. The molecule has 3 heteroatoms. The predicted molar refractivity (Wildman–Crippen MR) is 57.3 cm³/mol. The van der Waals surface area contributed by atoms with Gasteiger partial charge in [-0.3, -0.25) is 0 Å². The van der Waals surface area contributed by atoms with E-state index >= 15 is 0 Å². The quantitative estimate of drug-likeness (QED) is 0.748. The van der Waals surface area contributed by atoms with Gasteiger partial charge in [0.05, 0.1) is 6.61 Å². The fourth-order valence-corrected chi connectivity index (χ4v) is 3.22. The molecule has 2 nitrogen and oxygen atoms in total. The van der Waals surface area contributed by atoms with Crippen LogP contribution in [0.4, 0.5) is 0 Å². The third-order valence-corrected chi connectivity index (χ3v) is 4.27. The lowest BCUT2D eigenvalue weighted by Gasteiger charge is -2.14. The fourth-order valence-electron chi connectivity index (χ4n) is 2.04. The molecule has 2 rings (SSSR count). The van der Waals surface area contributed by atoms with Crippen LogP contribution in [-0.2, 0) is 4.74 Å². The zero-order valence-electron chi connectivity index (χ0n) is 8.29. The molecule has 0 aromatic heterocycles. The highest BCUT2D eigenvalue weighted by molar-refractivity contribution is 8.00. The standard InChI is InChI=1S/C10H19NOS/c1-8-4-10(7-13-8)11-5-9-2-3-12-6-9/h8-11H,2-7H2,1H3. The van der Waals surface area contributed by atoms with Gasteiger partial charge >= 0.3 is 0 Å². The summed E-state index contributed by atoms with van der Waals surface area (Å²) in [5, 5.41) is 4.51. The fraction of sp³-hybridized carbons (Fsp3) is 1.00. The summed E-state index contributed by atoms with van der Waals surface area (Å²) in [6.45, 7) is 5.44. The lowest BCUT2D eigenvalue weighted by molar-refractivity contribution is 0.184. The minimum absolute atomic E-state index is 0.764. The zero-order chi connectivity index (χ0) is 9.10. The van der Waals surface area contributed by atoms with Gasteiger partial charge in [-0.15, -0.1) is 0 Å². The van der Waals surface area contributed by atoms with Gasteiger partial charge in [-0.1, -0.05) is 6.92 Å². The number of hydrogen-bond acceptors (Lipinski definition) is 3. The second-order valence-corrected chi connectivity index (χ2v) is 5.69. The monoisotopic (exact) mass is 201 g/mol. The summed E-state index contributed by atoms with van der Waals surface area (Å²) in [5.74, 6) is 2.08. The molecule has 3 unspecified atom stereocenters. The molecule has 2 aliphatic heterocycles. The normalized spacial score (nSPS) is 39.9. The Hall–Kier alpha value is 0.270. The van der Waals surface area contributed by atoms with Gasteiger partial charge in [-0.2, -0.15) is 11.8 Å². The Kier molecular flexibility index (Phi) is 3.52. The van der Waals surface area contributed by atoms with Crippen LogP contribution in [0.1, 0.15) is 19.8 Å². The van der Waals surface area contributed by atoms with Crippen molar-refractivity contribution < 1.29 is 4.74 Å². The Morgan fingerprint density at radius 1 is 1.54 bits per heavy atom. The minimum Gasteiger partial charge on any atom is -0.381 e. The van der Waals surface area contributed by atoms with E-state index in [4.69, 9.17) is 4.74 Å². The molecule has 3 atom stereocenters. The Balaban J connectivity index is 1.62. The van der Waals surface area contributed by atoms with Crippen LogP contribution in [0.2, 0.25) is 0 Å². The van der Waals surface area contributed by atoms with Crippen LogP contribution in [0.5, 0.6) is 0 Å². The number of hydrogen-bond donors (Lipinski definition) is 1. The molecule has 0 radical (unpaired) electrons. The minimum atomic E-state index is 0.764. The Morgan fingerprint density at radius 2 is 2.46 bits per heavy atom. The third kappa shape index (κ3) is 2.86. The molecule has 0 amide bonds. The Morgan fingerprint density at radius 3 is 3.08 bits per heavy atom. The number of rotatable bonds is 3. The van der Waals surface area contributed by atoms with Crippen molar-refractivity contribution in [2.45, 2.75) is 31.1 Å². The first-order valence-corrected chi connectivity index (χ1v) is 6.32. The van der Waals surface area contributed by atoms with Crippen molar-refractivity contribution in [1.82, 2.24) is 5.32 Å². The van der Waals surface area contributed by atoms with E-state index in [2.05, 4.69) is 24.0 Å². The molecule has 0 aromatic rings. The van der Waals surface area contributed by atoms with Crippen LogP contribution >= 0.6 is 11.8 Å². The van der Waals surface area contributed by atoms with E-state index in [0.29, 0.717) is 0 Å². The van der Waals surface area contributed by atoms with Crippen molar-refractivity contribution in [2.24, 2.45) is 5.92 Å². The molecule has 2 aliphatic rings. The maximum absolute atomic E-state index is 5.35. The molecular formula is C10H19NOS. The van der Waals surface area contributed by atoms with Crippen LogP contribution in [0.3, 0.4) is 0 Å². The van der Waals surface area contributed by atoms with Crippen molar-refractivity contribution in [3.05, 3.63) is 0 Å². The van der Waals surface area contributed by atoms with Crippen molar-refractivity contribution in [3.63, 3.8) is 0 Å². The first kappa shape index (κ1) is 9.81. The third-order valence-electron chi connectivity index (χ3n) is 2.92. The maximum atomic E-state index is 5.35.